The summed E-state index contributed by atoms with van der Waals surface area (Å²) in [5, 5.41) is 1.47. The number of hydrogen-bond donors (Lipinski definition) is 0. The summed E-state index contributed by atoms with van der Waals surface area (Å²) >= 11 is 0. The molecule has 1 fully saturated rings. The number of hydroxylamine groups is 2. The summed E-state index contributed by atoms with van der Waals surface area (Å²) in [7, 11) is 0. The van der Waals surface area contributed by atoms with Gasteiger partial charge in [-0.05, 0) is 54.1 Å². The second kappa shape index (κ2) is 17.0. The lowest BCUT2D eigenvalue weighted by Gasteiger charge is -2.33. The van der Waals surface area contributed by atoms with Crippen LogP contribution < -0.4 is 0 Å². The molecular formula is C41H35NO9. The molecule has 5 aromatic carbocycles. The van der Waals surface area contributed by atoms with Gasteiger partial charge < -0.3 is 18.9 Å². The van der Waals surface area contributed by atoms with Crippen molar-refractivity contribution in [3.8, 4) is 0 Å². The van der Waals surface area contributed by atoms with Crippen molar-refractivity contribution < 1.29 is 43.0 Å². The lowest BCUT2D eigenvalue weighted by Crippen LogP contribution is -2.51. The maximum atomic E-state index is 13.6. The van der Waals surface area contributed by atoms with Crippen LogP contribution in [-0.2, 0) is 30.4 Å². The molecule has 1 heterocycles. The Kier molecular flexibility index (Phi) is 11.6. The van der Waals surface area contributed by atoms with E-state index in [9.17, 15) is 19.2 Å². The van der Waals surface area contributed by atoms with Gasteiger partial charge in [-0.2, -0.15) is 5.06 Å². The van der Waals surface area contributed by atoms with Crippen molar-refractivity contribution in [2.45, 2.75) is 31.0 Å². The van der Waals surface area contributed by atoms with Crippen LogP contribution in [0.3, 0.4) is 0 Å². The summed E-state index contributed by atoms with van der Waals surface area (Å²) in [4.78, 5) is 60.1. The van der Waals surface area contributed by atoms with Crippen LogP contribution in [0.15, 0.2) is 152 Å². The second-order valence-corrected chi connectivity index (χ2v) is 11.7. The van der Waals surface area contributed by atoms with E-state index in [-0.39, 0.29) is 35.4 Å². The first-order chi connectivity index (χ1) is 25.0. The zero-order valence-corrected chi connectivity index (χ0v) is 27.5. The van der Waals surface area contributed by atoms with Crippen molar-refractivity contribution in [2.75, 3.05) is 13.2 Å². The normalized spacial score (nSPS) is 17.5. The molecule has 6 rings (SSSR count). The standard InChI is InChI=1S/C41H35NO9/c43-38(30-18-8-2-9-19-30)47-28-35(50-40(45)32-22-12-4-13-23-32)36-37(51-41(46)33-24-14-5-15-25-33)34(49-39(44)31-20-10-3-11-21-31)26-42(36)48-27-29-16-6-1-7-17-29/h1-25,34-37H,26-28H2/t34-,35-,36-,37+/m0/s1. The maximum absolute atomic E-state index is 13.6. The first-order valence-electron chi connectivity index (χ1n) is 16.4. The molecule has 10 heteroatoms. The van der Waals surface area contributed by atoms with Crippen LogP contribution in [0.25, 0.3) is 0 Å². The van der Waals surface area contributed by atoms with Gasteiger partial charge in [-0.25, -0.2) is 19.2 Å². The fourth-order valence-electron chi connectivity index (χ4n) is 5.65. The summed E-state index contributed by atoms with van der Waals surface area (Å²) in [6.45, 7) is -0.436. The van der Waals surface area contributed by atoms with Crippen LogP contribution in [-0.4, -0.2) is 66.4 Å². The van der Waals surface area contributed by atoms with Crippen molar-refractivity contribution in [3.63, 3.8) is 0 Å². The van der Waals surface area contributed by atoms with Crippen LogP contribution in [0.1, 0.15) is 47.0 Å². The van der Waals surface area contributed by atoms with Gasteiger partial charge in [0.05, 0.1) is 35.4 Å². The van der Waals surface area contributed by atoms with Crippen molar-refractivity contribution in [1.29, 1.82) is 0 Å². The number of hydrogen-bond acceptors (Lipinski definition) is 10. The average molecular weight is 686 g/mol. The summed E-state index contributed by atoms with van der Waals surface area (Å²) in [5.41, 5.74) is 1.90. The van der Waals surface area contributed by atoms with E-state index in [1.165, 1.54) is 5.06 Å². The van der Waals surface area contributed by atoms with Crippen LogP contribution in [0, 0.1) is 0 Å². The predicted molar refractivity (Wildman–Crippen MR) is 185 cm³/mol. The highest BCUT2D eigenvalue weighted by molar-refractivity contribution is 5.91. The van der Waals surface area contributed by atoms with Gasteiger partial charge in [-0.3, -0.25) is 4.84 Å². The number of ether oxygens (including phenoxy) is 4. The summed E-state index contributed by atoms with van der Waals surface area (Å²) in [6, 6.07) is 41.7. The Morgan fingerprint density at radius 1 is 0.549 bits per heavy atom. The van der Waals surface area contributed by atoms with E-state index in [2.05, 4.69) is 0 Å². The van der Waals surface area contributed by atoms with E-state index in [4.69, 9.17) is 23.8 Å². The topological polar surface area (TPSA) is 118 Å². The van der Waals surface area contributed by atoms with Crippen LogP contribution in [0.2, 0.25) is 0 Å². The second-order valence-electron chi connectivity index (χ2n) is 11.7. The minimum Gasteiger partial charge on any atom is -0.458 e. The Balaban J connectivity index is 1.37. The molecule has 5 aromatic rings. The number of carbonyl (C=O) groups excluding carboxylic acids is 4. The van der Waals surface area contributed by atoms with Crippen molar-refractivity contribution >= 4 is 23.9 Å². The minimum absolute atomic E-state index is 0.0746. The summed E-state index contributed by atoms with van der Waals surface area (Å²) in [5.74, 6) is -2.72. The molecule has 258 valence electrons. The van der Waals surface area contributed by atoms with Crippen molar-refractivity contribution in [1.82, 2.24) is 5.06 Å². The van der Waals surface area contributed by atoms with Gasteiger partial charge in [0, 0.05) is 0 Å². The fraction of sp³-hybridized carbons (Fsp3) is 0.171. The molecule has 0 N–H and O–H groups in total. The molecule has 1 saturated heterocycles. The minimum atomic E-state index is -1.27. The van der Waals surface area contributed by atoms with E-state index in [1.807, 2.05) is 30.3 Å². The third-order valence-electron chi connectivity index (χ3n) is 8.19. The Morgan fingerprint density at radius 3 is 1.49 bits per heavy atom. The van der Waals surface area contributed by atoms with Crippen LogP contribution in [0.5, 0.6) is 0 Å². The first kappa shape index (κ1) is 34.8. The molecule has 0 aliphatic carbocycles. The predicted octanol–water partition coefficient (Wildman–Crippen LogP) is 6.34. The third kappa shape index (κ3) is 9.13. The van der Waals surface area contributed by atoms with Crippen molar-refractivity contribution in [3.05, 3.63) is 179 Å². The number of esters is 4. The fourth-order valence-corrected chi connectivity index (χ4v) is 5.65. The van der Waals surface area contributed by atoms with Crippen molar-refractivity contribution in [2.24, 2.45) is 0 Å². The zero-order valence-electron chi connectivity index (χ0n) is 27.5. The van der Waals surface area contributed by atoms with Gasteiger partial charge >= 0.3 is 23.9 Å². The van der Waals surface area contributed by atoms with Crippen LogP contribution in [0.4, 0.5) is 0 Å². The molecule has 10 nitrogen and oxygen atoms in total. The highest BCUT2D eigenvalue weighted by Crippen LogP contribution is 2.31. The quantitative estimate of drug-likeness (QED) is 0.103. The van der Waals surface area contributed by atoms with E-state index in [1.54, 1.807) is 121 Å². The lowest BCUT2D eigenvalue weighted by atomic mass is 10.0. The molecule has 0 bridgehead atoms. The van der Waals surface area contributed by atoms with Gasteiger partial charge in [0.15, 0.2) is 18.3 Å². The molecule has 1 aliphatic heterocycles. The zero-order chi connectivity index (χ0) is 35.4. The first-order valence-corrected chi connectivity index (χ1v) is 16.4. The smallest absolute Gasteiger partial charge is 0.338 e. The Hall–Kier alpha value is -6.10. The Labute approximate surface area is 295 Å². The largest absolute Gasteiger partial charge is 0.458 e. The molecular weight excluding hydrogens is 650 g/mol. The number of benzene rings is 5. The SMILES string of the molecule is O=C(OC[C@H](OC(=O)c1ccccc1)[C@H]1[C@H](OC(=O)c2ccccc2)[C@@H](OC(=O)c2ccccc2)CN1OCc1ccccc1)c1ccccc1. The monoisotopic (exact) mass is 685 g/mol. The molecule has 0 amide bonds. The highest BCUT2D eigenvalue weighted by Gasteiger charge is 2.53. The molecule has 1 aliphatic rings. The highest BCUT2D eigenvalue weighted by atomic mass is 16.7. The average Bonchev–Trinajstić information content (AvgIpc) is 3.52. The maximum Gasteiger partial charge on any atom is 0.338 e. The van der Waals surface area contributed by atoms with Gasteiger partial charge in [0.1, 0.15) is 12.6 Å². The molecule has 0 spiro atoms. The van der Waals surface area contributed by atoms with Gasteiger partial charge in [0.25, 0.3) is 0 Å². The Morgan fingerprint density at radius 2 is 0.980 bits per heavy atom. The van der Waals surface area contributed by atoms with Gasteiger partial charge in [0.2, 0.25) is 0 Å². The summed E-state index contributed by atoms with van der Waals surface area (Å²) in [6.07, 6.45) is -3.60. The molecule has 0 radical (unpaired) electrons. The van der Waals surface area contributed by atoms with Crippen LogP contribution >= 0.6 is 0 Å². The van der Waals surface area contributed by atoms with E-state index in [0.29, 0.717) is 0 Å². The molecule has 4 atom stereocenters. The molecule has 51 heavy (non-hydrogen) atoms. The lowest BCUT2D eigenvalue weighted by molar-refractivity contribution is -0.209. The summed E-state index contributed by atoms with van der Waals surface area (Å²) < 4.78 is 23.9. The van der Waals surface area contributed by atoms with E-state index in [0.717, 1.165) is 5.56 Å². The third-order valence-corrected chi connectivity index (χ3v) is 8.19. The number of rotatable bonds is 13. The molecule has 0 aromatic heterocycles. The molecule has 0 unspecified atom stereocenters. The molecule has 0 saturated carbocycles. The Bertz CT molecular complexity index is 1890. The van der Waals surface area contributed by atoms with E-state index < -0.39 is 54.8 Å². The van der Waals surface area contributed by atoms with Gasteiger partial charge in [-0.15, -0.1) is 0 Å². The van der Waals surface area contributed by atoms with Gasteiger partial charge in [-0.1, -0.05) is 103 Å². The number of carbonyl (C=O) groups is 4. The number of nitrogens with zero attached hydrogens (tertiary/aromatic N) is 1. The van der Waals surface area contributed by atoms with E-state index >= 15 is 0 Å².